The van der Waals surface area contributed by atoms with Crippen LogP contribution in [0.2, 0.25) is 0 Å². The zero-order valence-corrected chi connectivity index (χ0v) is 37.5. The highest BCUT2D eigenvalue weighted by atomic mass is 31.2. The molecule has 0 amide bonds. The van der Waals surface area contributed by atoms with Crippen molar-refractivity contribution in [1.29, 1.82) is 0 Å². The molecule has 0 spiro atoms. The van der Waals surface area contributed by atoms with Gasteiger partial charge in [0.25, 0.3) is 0 Å². The van der Waals surface area contributed by atoms with Gasteiger partial charge >= 0.3 is 19.8 Å². The van der Waals surface area contributed by atoms with Crippen LogP contribution in [0.1, 0.15) is 206 Å². The summed E-state index contributed by atoms with van der Waals surface area (Å²) in [6.45, 7) is 3.66. The molecule has 332 valence electrons. The third-order valence-electron chi connectivity index (χ3n) is 9.69. The molecule has 57 heavy (non-hydrogen) atoms. The Hall–Kier alpha value is -2.03. The van der Waals surface area contributed by atoms with Crippen molar-refractivity contribution in [3.05, 3.63) is 48.6 Å². The number of hydrogen-bond acceptors (Lipinski definition) is 8. The van der Waals surface area contributed by atoms with Crippen LogP contribution in [-0.2, 0) is 32.7 Å². The molecule has 9 nitrogen and oxygen atoms in total. The first-order valence-corrected chi connectivity index (χ1v) is 24.6. The monoisotopic (exact) mass is 824 g/mol. The molecule has 0 aromatic carbocycles. The SMILES string of the molecule is CCCCCC=CCC=CCC=CCCCCC(=O)OC(COC(=O)CCCCCCCCCCCCCC=CCCCCCCCC)COP(=O)(O)OCCN. The lowest BCUT2D eigenvalue weighted by Gasteiger charge is -2.19. The van der Waals surface area contributed by atoms with Crippen molar-refractivity contribution in [3.63, 3.8) is 0 Å². The summed E-state index contributed by atoms with van der Waals surface area (Å²) in [7, 11) is -4.39. The third kappa shape index (κ3) is 43.4. The molecule has 2 atom stereocenters. The summed E-state index contributed by atoms with van der Waals surface area (Å²) in [6.07, 6.45) is 50.1. The van der Waals surface area contributed by atoms with Crippen LogP contribution in [0.4, 0.5) is 0 Å². The molecule has 0 fully saturated rings. The summed E-state index contributed by atoms with van der Waals surface area (Å²) in [5, 5.41) is 0. The number of unbranched alkanes of at least 4 members (excludes halogenated alkanes) is 22. The van der Waals surface area contributed by atoms with E-state index < -0.39 is 32.5 Å². The lowest BCUT2D eigenvalue weighted by molar-refractivity contribution is -0.161. The average molecular weight is 824 g/mol. The first-order chi connectivity index (χ1) is 27.8. The molecule has 0 bridgehead atoms. The number of carbonyl (C=O) groups excluding carboxylic acids is 2. The fourth-order valence-corrected chi connectivity index (χ4v) is 6.99. The Morgan fingerprint density at radius 3 is 1.44 bits per heavy atom. The number of allylic oxidation sites excluding steroid dienone is 8. The van der Waals surface area contributed by atoms with Gasteiger partial charge < -0.3 is 20.1 Å². The fraction of sp³-hybridized carbons (Fsp3) is 0.787. The lowest BCUT2D eigenvalue weighted by atomic mass is 10.0. The number of phosphoric ester groups is 1. The van der Waals surface area contributed by atoms with Gasteiger partial charge in [0.15, 0.2) is 6.10 Å². The van der Waals surface area contributed by atoms with Gasteiger partial charge in [0, 0.05) is 19.4 Å². The summed E-state index contributed by atoms with van der Waals surface area (Å²) < 4.78 is 32.8. The van der Waals surface area contributed by atoms with Crippen molar-refractivity contribution >= 4 is 19.8 Å². The molecule has 0 aliphatic rings. The third-order valence-corrected chi connectivity index (χ3v) is 10.7. The maximum absolute atomic E-state index is 12.6. The molecule has 0 rings (SSSR count). The number of nitrogens with two attached hydrogens (primary N) is 1. The quantitative estimate of drug-likeness (QED) is 0.0267. The Morgan fingerprint density at radius 1 is 0.526 bits per heavy atom. The highest BCUT2D eigenvalue weighted by Crippen LogP contribution is 2.43. The van der Waals surface area contributed by atoms with E-state index in [4.69, 9.17) is 24.3 Å². The molecule has 10 heteroatoms. The van der Waals surface area contributed by atoms with Crippen LogP contribution >= 0.6 is 7.82 Å². The van der Waals surface area contributed by atoms with E-state index in [0.717, 1.165) is 51.4 Å². The minimum absolute atomic E-state index is 0.0462. The first-order valence-electron chi connectivity index (χ1n) is 23.1. The largest absolute Gasteiger partial charge is 0.472 e. The van der Waals surface area contributed by atoms with Crippen molar-refractivity contribution < 1.29 is 37.6 Å². The van der Waals surface area contributed by atoms with Crippen LogP contribution in [0.15, 0.2) is 48.6 Å². The van der Waals surface area contributed by atoms with E-state index in [9.17, 15) is 19.0 Å². The molecule has 2 unspecified atom stereocenters. The predicted octanol–water partition coefficient (Wildman–Crippen LogP) is 13.5. The zero-order chi connectivity index (χ0) is 41.8. The fourth-order valence-electron chi connectivity index (χ4n) is 6.22. The van der Waals surface area contributed by atoms with Gasteiger partial charge in [-0.25, -0.2) is 4.57 Å². The molecule has 0 saturated heterocycles. The minimum Gasteiger partial charge on any atom is -0.462 e. The molecule has 0 aromatic rings. The van der Waals surface area contributed by atoms with Gasteiger partial charge in [-0.05, 0) is 77.0 Å². The number of rotatable bonds is 43. The molecule has 0 radical (unpaired) electrons. The van der Waals surface area contributed by atoms with Gasteiger partial charge in [0.05, 0.1) is 13.2 Å². The molecule has 0 aromatic heterocycles. The Morgan fingerprint density at radius 2 is 0.912 bits per heavy atom. The van der Waals surface area contributed by atoms with Crippen LogP contribution in [0, 0.1) is 0 Å². The molecule has 0 saturated carbocycles. The Balaban J connectivity index is 4.13. The summed E-state index contributed by atoms with van der Waals surface area (Å²) >= 11 is 0. The van der Waals surface area contributed by atoms with E-state index in [1.165, 1.54) is 122 Å². The second-order valence-corrected chi connectivity index (χ2v) is 16.7. The maximum atomic E-state index is 12.6. The van der Waals surface area contributed by atoms with E-state index in [0.29, 0.717) is 6.42 Å². The number of phosphoric acid groups is 1. The van der Waals surface area contributed by atoms with Crippen LogP contribution in [0.3, 0.4) is 0 Å². The smallest absolute Gasteiger partial charge is 0.462 e. The lowest BCUT2D eigenvalue weighted by Crippen LogP contribution is -2.29. The van der Waals surface area contributed by atoms with Crippen molar-refractivity contribution in [1.82, 2.24) is 0 Å². The van der Waals surface area contributed by atoms with E-state index >= 15 is 0 Å². The first kappa shape index (κ1) is 55.0. The van der Waals surface area contributed by atoms with Gasteiger partial charge in [0.2, 0.25) is 0 Å². The molecule has 0 aliphatic heterocycles. The molecule has 0 heterocycles. The normalized spacial score (nSPS) is 13.7. The number of hydrogen-bond donors (Lipinski definition) is 2. The summed E-state index contributed by atoms with van der Waals surface area (Å²) in [5.41, 5.74) is 5.35. The topological polar surface area (TPSA) is 134 Å². The second-order valence-electron chi connectivity index (χ2n) is 15.3. The summed E-state index contributed by atoms with van der Waals surface area (Å²) in [5.74, 6) is -0.872. The average Bonchev–Trinajstić information content (AvgIpc) is 3.20. The van der Waals surface area contributed by atoms with Gasteiger partial charge in [-0.2, -0.15) is 0 Å². The second kappa shape index (κ2) is 43.5. The van der Waals surface area contributed by atoms with E-state index in [2.05, 4.69) is 62.5 Å². The van der Waals surface area contributed by atoms with Crippen molar-refractivity contribution in [2.45, 2.75) is 213 Å². The number of esters is 2. The molecular weight excluding hydrogens is 737 g/mol. The van der Waals surface area contributed by atoms with E-state index in [-0.39, 0.29) is 32.6 Å². The van der Waals surface area contributed by atoms with E-state index in [1.54, 1.807) is 0 Å². The molecular formula is C47H86NO8P. The Bertz CT molecular complexity index is 1080. The van der Waals surface area contributed by atoms with Gasteiger partial charge in [-0.1, -0.05) is 165 Å². The highest BCUT2D eigenvalue weighted by Gasteiger charge is 2.26. The van der Waals surface area contributed by atoms with Crippen molar-refractivity contribution in [2.24, 2.45) is 5.73 Å². The molecule has 3 N–H and O–H groups in total. The highest BCUT2D eigenvalue weighted by molar-refractivity contribution is 7.47. The summed E-state index contributed by atoms with van der Waals surface area (Å²) in [6, 6.07) is 0. The number of ether oxygens (including phenoxy) is 2. The van der Waals surface area contributed by atoms with Crippen molar-refractivity contribution in [3.8, 4) is 0 Å². The minimum atomic E-state index is -4.39. The van der Waals surface area contributed by atoms with Crippen LogP contribution < -0.4 is 5.73 Å². The van der Waals surface area contributed by atoms with Gasteiger partial charge in [0.1, 0.15) is 6.61 Å². The van der Waals surface area contributed by atoms with Crippen LogP contribution in [0.25, 0.3) is 0 Å². The van der Waals surface area contributed by atoms with Gasteiger partial charge in [-0.15, -0.1) is 0 Å². The maximum Gasteiger partial charge on any atom is 0.472 e. The molecule has 0 aliphatic carbocycles. The van der Waals surface area contributed by atoms with E-state index in [1.807, 2.05) is 0 Å². The van der Waals surface area contributed by atoms with Crippen LogP contribution in [0.5, 0.6) is 0 Å². The summed E-state index contributed by atoms with van der Waals surface area (Å²) in [4.78, 5) is 34.9. The Labute approximate surface area is 349 Å². The van der Waals surface area contributed by atoms with Gasteiger partial charge in [-0.3, -0.25) is 18.6 Å². The zero-order valence-electron chi connectivity index (χ0n) is 36.6. The standard InChI is InChI=1S/C47H86NO8P/c1-3-5-7-9-11-13-15-17-19-20-21-22-23-24-26-27-29-31-33-35-37-39-46(49)53-43-45(44-55-57(51,52)54-42-41-48)56-47(50)40-38-36-34-32-30-28-25-18-16-14-12-10-8-6-4-2/h12,14,17-19,25,30,32,45H,3-11,13,15-16,20-24,26-29,31,33-44,48H2,1-2H3,(H,51,52). The Kier molecular flexibility index (Phi) is 42.0. The predicted molar refractivity (Wildman–Crippen MR) is 238 cm³/mol. The van der Waals surface area contributed by atoms with Crippen molar-refractivity contribution in [2.75, 3.05) is 26.4 Å². The van der Waals surface area contributed by atoms with Crippen LogP contribution in [-0.4, -0.2) is 49.3 Å². The number of carbonyl (C=O) groups is 2.